The average Bonchev–Trinajstić information content (AvgIpc) is 3.38. The van der Waals surface area contributed by atoms with Gasteiger partial charge in [0.25, 0.3) is 0 Å². The highest BCUT2D eigenvalue weighted by Gasteiger charge is 2.34. The van der Waals surface area contributed by atoms with Crippen molar-refractivity contribution in [3.05, 3.63) is 66.4 Å². The molecule has 3 aromatic rings. The highest BCUT2D eigenvalue weighted by atomic mass is 16.2. The zero-order valence-electron chi connectivity index (χ0n) is 17.3. The van der Waals surface area contributed by atoms with Crippen molar-refractivity contribution in [2.75, 3.05) is 24.5 Å². The summed E-state index contributed by atoms with van der Waals surface area (Å²) in [4.78, 5) is 41.6. The van der Waals surface area contributed by atoms with Crippen LogP contribution in [0.3, 0.4) is 0 Å². The van der Waals surface area contributed by atoms with Crippen LogP contribution in [-0.4, -0.2) is 42.3 Å². The fourth-order valence-electron chi connectivity index (χ4n) is 3.95. The normalized spacial score (nSPS) is 15.9. The van der Waals surface area contributed by atoms with Crippen LogP contribution < -0.4 is 15.5 Å². The number of amides is 3. The number of aromatic nitrogens is 1. The molecule has 3 amide bonds. The zero-order chi connectivity index (χ0) is 21.6. The van der Waals surface area contributed by atoms with Crippen LogP contribution in [-0.2, 0) is 20.8 Å². The number of aromatic amines is 1. The molecule has 7 heteroatoms. The topological polar surface area (TPSA) is 94.3 Å². The molecular formula is C24H26N4O3. The van der Waals surface area contributed by atoms with Gasteiger partial charge in [-0.2, -0.15) is 0 Å². The Hall–Kier alpha value is -3.61. The van der Waals surface area contributed by atoms with Crippen molar-refractivity contribution >= 4 is 34.3 Å². The van der Waals surface area contributed by atoms with Gasteiger partial charge in [-0.25, -0.2) is 0 Å². The lowest BCUT2D eigenvalue weighted by atomic mass is 10.1. The van der Waals surface area contributed by atoms with Gasteiger partial charge in [0.15, 0.2) is 0 Å². The molecule has 1 saturated heterocycles. The molecule has 0 radical (unpaired) electrons. The van der Waals surface area contributed by atoms with Gasteiger partial charge in [-0.05, 0) is 30.2 Å². The molecule has 160 valence electrons. The Morgan fingerprint density at radius 1 is 1.00 bits per heavy atom. The average molecular weight is 418 g/mol. The SMILES string of the molecule is O=C(CCNC(=O)C1CC(=O)N(c2ccccc2)C1)NCCc1c[nH]c2ccccc12. The lowest BCUT2D eigenvalue weighted by Crippen LogP contribution is -2.36. The molecule has 0 saturated carbocycles. The third kappa shape index (κ3) is 4.94. The molecule has 1 unspecified atom stereocenters. The molecule has 7 nitrogen and oxygen atoms in total. The minimum atomic E-state index is -0.391. The first-order valence-electron chi connectivity index (χ1n) is 10.6. The molecule has 1 fully saturated rings. The molecule has 4 rings (SSSR count). The first-order chi connectivity index (χ1) is 15.1. The Morgan fingerprint density at radius 2 is 1.77 bits per heavy atom. The van der Waals surface area contributed by atoms with E-state index < -0.39 is 5.92 Å². The second-order valence-corrected chi connectivity index (χ2v) is 7.74. The number of hydrogen-bond acceptors (Lipinski definition) is 3. The summed E-state index contributed by atoms with van der Waals surface area (Å²) in [5.74, 6) is -0.731. The first-order valence-corrected chi connectivity index (χ1v) is 10.6. The Bertz CT molecular complexity index is 1080. The van der Waals surface area contributed by atoms with Gasteiger partial charge in [-0.3, -0.25) is 14.4 Å². The number of nitrogens with zero attached hydrogens (tertiary/aromatic N) is 1. The number of rotatable bonds is 8. The molecule has 1 aliphatic rings. The fraction of sp³-hybridized carbons (Fsp3) is 0.292. The summed E-state index contributed by atoms with van der Waals surface area (Å²) in [6.07, 6.45) is 3.11. The van der Waals surface area contributed by atoms with Crippen LogP contribution in [0.15, 0.2) is 60.8 Å². The van der Waals surface area contributed by atoms with E-state index in [0.29, 0.717) is 13.1 Å². The highest BCUT2D eigenvalue weighted by molar-refractivity contribution is 6.00. The molecular weight excluding hydrogens is 392 g/mol. The molecule has 3 N–H and O–H groups in total. The maximum Gasteiger partial charge on any atom is 0.227 e. The molecule has 0 spiro atoms. The number of nitrogens with one attached hydrogen (secondary N) is 3. The van der Waals surface area contributed by atoms with E-state index in [1.54, 1.807) is 4.90 Å². The van der Waals surface area contributed by atoms with Crippen LogP contribution in [0.25, 0.3) is 10.9 Å². The van der Waals surface area contributed by atoms with E-state index >= 15 is 0 Å². The van der Waals surface area contributed by atoms with Gasteiger partial charge in [0.2, 0.25) is 17.7 Å². The number of fused-ring (bicyclic) bond motifs is 1. The predicted octanol–water partition coefficient (Wildman–Crippen LogP) is 2.39. The smallest absolute Gasteiger partial charge is 0.227 e. The molecule has 2 heterocycles. The largest absolute Gasteiger partial charge is 0.361 e. The number of para-hydroxylation sites is 2. The lowest BCUT2D eigenvalue weighted by molar-refractivity contribution is -0.126. The Morgan fingerprint density at radius 3 is 2.61 bits per heavy atom. The molecule has 1 aromatic heterocycles. The van der Waals surface area contributed by atoms with Crippen LogP contribution in [0, 0.1) is 5.92 Å². The molecule has 31 heavy (non-hydrogen) atoms. The minimum Gasteiger partial charge on any atom is -0.361 e. The van der Waals surface area contributed by atoms with Gasteiger partial charge in [-0.15, -0.1) is 0 Å². The third-order valence-corrected chi connectivity index (χ3v) is 5.61. The van der Waals surface area contributed by atoms with Crippen molar-refractivity contribution < 1.29 is 14.4 Å². The molecule has 1 atom stereocenters. The summed E-state index contributed by atoms with van der Waals surface area (Å²) in [7, 11) is 0. The van der Waals surface area contributed by atoms with Crippen LogP contribution >= 0.6 is 0 Å². The Balaban J connectivity index is 1.17. The van der Waals surface area contributed by atoms with E-state index in [-0.39, 0.29) is 37.1 Å². The number of H-pyrrole nitrogens is 1. The van der Waals surface area contributed by atoms with Gasteiger partial charge in [0, 0.05) is 55.3 Å². The van der Waals surface area contributed by atoms with Crippen LogP contribution in [0.2, 0.25) is 0 Å². The Labute approximate surface area is 180 Å². The van der Waals surface area contributed by atoms with Gasteiger partial charge < -0.3 is 20.5 Å². The fourth-order valence-corrected chi connectivity index (χ4v) is 3.95. The molecule has 0 bridgehead atoms. The van der Waals surface area contributed by atoms with Crippen LogP contribution in [0.1, 0.15) is 18.4 Å². The molecule has 2 aromatic carbocycles. The van der Waals surface area contributed by atoms with E-state index in [2.05, 4.69) is 21.7 Å². The van der Waals surface area contributed by atoms with Crippen molar-refractivity contribution in [2.24, 2.45) is 5.92 Å². The second-order valence-electron chi connectivity index (χ2n) is 7.74. The zero-order valence-corrected chi connectivity index (χ0v) is 17.3. The maximum atomic E-state index is 12.4. The Kier molecular flexibility index (Phi) is 6.31. The maximum absolute atomic E-state index is 12.4. The summed E-state index contributed by atoms with van der Waals surface area (Å²) in [6.45, 7) is 1.16. The van der Waals surface area contributed by atoms with Gasteiger partial charge in [-0.1, -0.05) is 36.4 Å². The number of benzene rings is 2. The van der Waals surface area contributed by atoms with E-state index in [0.717, 1.165) is 23.2 Å². The standard InChI is InChI=1S/C24H26N4O3/c29-22(25-12-10-17-15-27-21-9-5-4-8-20(17)21)11-13-26-24(31)18-14-23(30)28(16-18)19-6-2-1-3-7-19/h1-9,15,18,27H,10-14,16H2,(H,25,29)(H,26,31). The summed E-state index contributed by atoms with van der Waals surface area (Å²) < 4.78 is 0. The minimum absolute atomic E-state index is 0.0543. The van der Waals surface area contributed by atoms with Crippen molar-refractivity contribution in [3.8, 4) is 0 Å². The van der Waals surface area contributed by atoms with Crippen molar-refractivity contribution in [1.82, 2.24) is 15.6 Å². The summed E-state index contributed by atoms with van der Waals surface area (Å²) >= 11 is 0. The van der Waals surface area contributed by atoms with Crippen molar-refractivity contribution in [2.45, 2.75) is 19.3 Å². The third-order valence-electron chi connectivity index (χ3n) is 5.61. The van der Waals surface area contributed by atoms with Crippen LogP contribution in [0.5, 0.6) is 0 Å². The summed E-state index contributed by atoms with van der Waals surface area (Å²) in [5, 5.41) is 6.86. The predicted molar refractivity (Wildman–Crippen MR) is 120 cm³/mol. The first kappa shape index (κ1) is 20.7. The molecule has 1 aliphatic heterocycles. The molecule has 0 aliphatic carbocycles. The number of hydrogen-bond donors (Lipinski definition) is 3. The quantitative estimate of drug-likeness (QED) is 0.524. The van der Waals surface area contributed by atoms with Gasteiger partial charge >= 0.3 is 0 Å². The number of carbonyl (C=O) groups is 3. The van der Waals surface area contributed by atoms with Gasteiger partial charge in [0.05, 0.1) is 5.92 Å². The van der Waals surface area contributed by atoms with E-state index in [4.69, 9.17) is 0 Å². The van der Waals surface area contributed by atoms with Crippen LogP contribution in [0.4, 0.5) is 5.69 Å². The number of anilines is 1. The van der Waals surface area contributed by atoms with E-state index in [9.17, 15) is 14.4 Å². The summed E-state index contributed by atoms with van der Waals surface area (Å²) in [5.41, 5.74) is 3.05. The second kappa shape index (κ2) is 9.47. The number of carbonyl (C=O) groups excluding carboxylic acids is 3. The monoisotopic (exact) mass is 418 g/mol. The highest BCUT2D eigenvalue weighted by Crippen LogP contribution is 2.24. The van der Waals surface area contributed by atoms with E-state index in [1.165, 1.54) is 5.39 Å². The van der Waals surface area contributed by atoms with Gasteiger partial charge in [0.1, 0.15) is 0 Å². The van der Waals surface area contributed by atoms with E-state index in [1.807, 2.05) is 54.7 Å². The lowest BCUT2D eigenvalue weighted by Gasteiger charge is -2.16. The summed E-state index contributed by atoms with van der Waals surface area (Å²) in [6, 6.07) is 17.4. The van der Waals surface area contributed by atoms with Crippen molar-refractivity contribution in [3.63, 3.8) is 0 Å². The van der Waals surface area contributed by atoms with Crippen molar-refractivity contribution in [1.29, 1.82) is 0 Å².